The van der Waals surface area contributed by atoms with E-state index in [-0.39, 0.29) is 0 Å². The Hall–Kier alpha value is -5.38. The Bertz CT molecular complexity index is 2720. The molecule has 0 fully saturated rings. The summed E-state index contributed by atoms with van der Waals surface area (Å²) in [6.45, 7) is 0. The van der Waals surface area contributed by atoms with Gasteiger partial charge in [-0.1, -0.05) is 97.1 Å². The topological polar surface area (TPSA) is 9.86 Å². The third-order valence-electron chi connectivity index (χ3n) is 9.07. The zero-order valence-electron chi connectivity index (χ0n) is 23.2. The number of fused-ring (bicyclic) bond motifs is 13. The van der Waals surface area contributed by atoms with Crippen LogP contribution in [0.25, 0.3) is 85.9 Å². The van der Waals surface area contributed by atoms with Crippen molar-refractivity contribution in [2.75, 3.05) is 0 Å². The van der Waals surface area contributed by atoms with Crippen molar-refractivity contribution in [1.29, 1.82) is 0 Å². The van der Waals surface area contributed by atoms with Crippen LogP contribution in [-0.2, 0) is 0 Å². The van der Waals surface area contributed by atoms with Gasteiger partial charge in [0.25, 0.3) is 0 Å². The second-order valence-electron chi connectivity index (χ2n) is 11.3. The number of hydrogen-bond donors (Lipinski definition) is 0. The van der Waals surface area contributed by atoms with Crippen molar-refractivity contribution in [3.8, 4) is 11.4 Å². The Morgan fingerprint density at radius 1 is 0.349 bits per heavy atom. The highest BCUT2D eigenvalue weighted by Crippen LogP contribution is 2.47. The highest BCUT2D eigenvalue weighted by Gasteiger charge is 2.24. The number of nitrogens with zero attached hydrogens (tertiary/aromatic N) is 2. The first-order valence-electron chi connectivity index (χ1n) is 14.7. The molecule has 2 nitrogen and oxygen atoms in total. The van der Waals surface area contributed by atoms with Crippen LogP contribution in [0, 0.1) is 0 Å². The van der Waals surface area contributed by atoms with Crippen LogP contribution < -0.4 is 0 Å². The molecule has 0 bridgehead atoms. The zero-order chi connectivity index (χ0) is 28.1. The van der Waals surface area contributed by atoms with Gasteiger partial charge in [0, 0.05) is 63.9 Å². The first kappa shape index (κ1) is 23.2. The van der Waals surface area contributed by atoms with E-state index in [4.69, 9.17) is 0 Å². The number of rotatable bonds is 2. The minimum Gasteiger partial charge on any atom is -0.309 e. The summed E-state index contributed by atoms with van der Waals surface area (Å²) in [5, 5.41) is 10.3. The lowest BCUT2D eigenvalue weighted by Gasteiger charge is -2.13. The number of para-hydroxylation sites is 3. The molecule has 3 aromatic heterocycles. The van der Waals surface area contributed by atoms with Gasteiger partial charge in [0.05, 0.1) is 22.1 Å². The van der Waals surface area contributed by atoms with Crippen molar-refractivity contribution in [1.82, 2.24) is 9.13 Å². The first-order valence-corrected chi connectivity index (χ1v) is 15.5. The Morgan fingerprint density at radius 2 is 0.837 bits per heavy atom. The van der Waals surface area contributed by atoms with Crippen LogP contribution in [0.5, 0.6) is 0 Å². The molecule has 0 unspecified atom stereocenters. The summed E-state index contributed by atoms with van der Waals surface area (Å²) in [5.74, 6) is 0. The Labute approximate surface area is 251 Å². The molecule has 0 N–H and O–H groups in total. The molecule has 200 valence electrons. The quantitative estimate of drug-likeness (QED) is 0.198. The molecule has 0 atom stereocenters. The number of aromatic nitrogens is 2. The minimum absolute atomic E-state index is 1.18. The molecular formula is C40H24N2S. The van der Waals surface area contributed by atoms with Gasteiger partial charge in [0.1, 0.15) is 0 Å². The molecule has 0 radical (unpaired) electrons. The van der Waals surface area contributed by atoms with E-state index in [9.17, 15) is 0 Å². The van der Waals surface area contributed by atoms with Gasteiger partial charge in [-0.2, -0.15) is 0 Å². The monoisotopic (exact) mass is 564 g/mol. The number of hydrogen-bond acceptors (Lipinski definition) is 1. The van der Waals surface area contributed by atoms with Crippen molar-refractivity contribution in [3.63, 3.8) is 0 Å². The van der Waals surface area contributed by atoms with E-state index in [1.54, 1.807) is 0 Å². The van der Waals surface area contributed by atoms with Crippen molar-refractivity contribution < 1.29 is 0 Å². The third-order valence-corrected chi connectivity index (χ3v) is 10.2. The summed E-state index contributed by atoms with van der Waals surface area (Å²) < 4.78 is 7.62. The molecule has 0 amide bonds. The average molecular weight is 565 g/mol. The van der Waals surface area contributed by atoms with Gasteiger partial charge in [-0.25, -0.2) is 0 Å². The van der Waals surface area contributed by atoms with Gasteiger partial charge in [-0.15, -0.1) is 11.3 Å². The van der Waals surface area contributed by atoms with Crippen LogP contribution in [0.4, 0.5) is 0 Å². The lowest BCUT2D eigenvalue weighted by molar-refractivity contribution is 1.18. The molecule has 10 aromatic rings. The zero-order valence-corrected chi connectivity index (χ0v) is 24.0. The van der Waals surface area contributed by atoms with Crippen LogP contribution in [-0.4, -0.2) is 9.13 Å². The van der Waals surface area contributed by atoms with Gasteiger partial charge in [0.2, 0.25) is 0 Å². The fraction of sp³-hybridized carbons (Fsp3) is 0. The molecule has 0 aliphatic heterocycles. The van der Waals surface area contributed by atoms with E-state index in [0.717, 1.165) is 0 Å². The predicted molar refractivity (Wildman–Crippen MR) is 186 cm³/mol. The van der Waals surface area contributed by atoms with Gasteiger partial charge >= 0.3 is 0 Å². The van der Waals surface area contributed by atoms with Crippen molar-refractivity contribution in [2.45, 2.75) is 0 Å². The van der Waals surface area contributed by atoms with Gasteiger partial charge in [0.15, 0.2) is 0 Å². The van der Waals surface area contributed by atoms with E-state index >= 15 is 0 Å². The normalized spacial score (nSPS) is 12.2. The molecule has 0 aliphatic carbocycles. The maximum absolute atomic E-state index is 2.51. The smallest absolute Gasteiger partial charge is 0.0627 e. The molecule has 43 heavy (non-hydrogen) atoms. The predicted octanol–water partition coefficient (Wildman–Crippen LogP) is 11.4. The fourth-order valence-electron chi connectivity index (χ4n) is 7.36. The van der Waals surface area contributed by atoms with Gasteiger partial charge in [-0.05, 0) is 48.5 Å². The lowest BCUT2D eigenvalue weighted by atomic mass is 9.99. The second kappa shape index (κ2) is 8.57. The van der Waals surface area contributed by atoms with Crippen LogP contribution in [0.2, 0.25) is 0 Å². The van der Waals surface area contributed by atoms with Crippen LogP contribution >= 0.6 is 11.3 Å². The van der Waals surface area contributed by atoms with Gasteiger partial charge < -0.3 is 9.13 Å². The number of benzene rings is 7. The van der Waals surface area contributed by atoms with Crippen LogP contribution in [0.1, 0.15) is 0 Å². The third kappa shape index (κ3) is 3.07. The Balaban J connectivity index is 1.47. The van der Waals surface area contributed by atoms with Gasteiger partial charge in [-0.3, -0.25) is 0 Å². The van der Waals surface area contributed by atoms with Crippen molar-refractivity contribution in [3.05, 3.63) is 146 Å². The van der Waals surface area contributed by atoms with Crippen molar-refractivity contribution in [2.24, 2.45) is 0 Å². The Morgan fingerprint density at radius 3 is 1.49 bits per heavy atom. The van der Waals surface area contributed by atoms with E-state index in [1.165, 1.54) is 85.9 Å². The summed E-state index contributed by atoms with van der Waals surface area (Å²) in [4.78, 5) is 0. The highest BCUT2D eigenvalue weighted by atomic mass is 32.1. The lowest BCUT2D eigenvalue weighted by Crippen LogP contribution is -1.96. The van der Waals surface area contributed by atoms with E-state index in [0.29, 0.717) is 0 Å². The summed E-state index contributed by atoms with van der Waals surface area (Å²) >= 11 is 1.87. The maximum atomic E-state index is 2.51. The largest absolute Gasteiger partial charge is 0.309 e. The Kier molecular flexibility index (Phi) is 4.63. The standard InChI is InChI=1S/C40H24N2S/c1-2-12-25(13-3-1)41-33-19-9-6-17-30(33)37-38-31-18-7-10-20-34(31)42(40(38)29-16-5-4-15-28(29)39(37)41)26-22-23-36-32(24-26)27-14-8-11-21-35(27)43-36/h1-24H. The van der Waals surface area contributed by atoms with Crippen LogP contribution in [0.3, 0.4) is 0 Å². The highest BCUT2D eigenvalue weighted by molar-refractivity contribution is 7.25. The van der Waals surface area contributed by atoms with E-state index in [1.807, 2.05) is 11.3 Å². The summed E-state index contributed by atoms with van der Waals surface area (Å²) in [5.41, 5.74) is 7.35. The minimum atomic E-state index is 1.18. The fourth-order valence-corrected chi connectivity index (χ4v) is 8.45. The maximum Gasteiger partial charge on any atom is 0.0627 e. The molecule has 7 aromatic carbocycles. The molecular weight excluding hydrogens is 541 g/mol. The van der Waals surface area contributed by atoms with E-state index < -0.39 is 0 Å². The summed E-state index contributed by atoms with van der Waals surface area (Å²) in [6, 6.07) is 53.3. The van der Waals surface area contributed by atoms with Crippen molar-refractivity contribution >= 4 is 85.9 Å². The first-order chi connectivity index (χ1) is 21.4. The summed E-state index contributed by atoms with van der Waals surface area (Å²) in [7, 11) is 0. The van der Waals surface area contributed by atoms with E-state index in [2.05, 4.69) is 155 Å². The SMILES string of the molecule is c1ccc(-n2c3ccccc3c3c4c5ccccc5n(-c5ccc6sc7ccccc7c6c5)c4c4ccccc4c32)cc1. The summed E-state index contributed by atoms with van der Waals surface area (Å²) in [6.07, 6.45) is 0. The molecule has 10 rings (SSSR count). The number of thiophene rings is 1. The molecule has 0 spiro atoms. The molecule has 3 heterocycles. The molecule has 3 heteroatoms. The van der Waals surface area contributed by atoms with Crippen LogP contribution in [0.15, 0.2) is 146 Å². The molecule has 0 aliphatic rings. The molecule has 0 saturated carbocycles. The molecule has 0 saturated heterocycles. The second-order valence-corrected chi connectivity index (χ2v) is 12.4. The average Bonchev–Trinajstić information content (AvgIpc) is 3.73.